The molecule has 0 saturated carbocycles. The van der Waals surface area contributed by atoms with Gasteiger partial charge in [0.05, 0.1) is 19.8 Å². The summed E-state index contributed by atoms with van der Waals surface area (Å²) in [5.41, 5.74) is 0. The number of hydrogen-bond acceptors (Lipinski definition) is 44. The molecule has 5 rings (SSSR count). The molecule has 55 nitrogen and oxygen atoms in total. The summed E-state index contributed by atoms with van der Waals surface area (Å²) in [6.07, 6.45) is -68.1. The van der Waals surface area contributed by atoms with Crippen molar-refractivity contribution in [2.75, 3.05) is 61.5 Å². The molecule has 5 aliphatic heterocycles. The van der Waals surface area contributed by atoms with Crippen molar-refractivity contribution in [1.82, 2.24) is 0 Å². The summed E-state index contributed by atoms with van der Waals surface area (Å²) in [6.45, 7) is -2.87. The maximum atomic E-state index is 13.7. The number of hydrogen-bond donors (Lipinski definition) is 11. The number of ether oxygens (including phenoxy) is 15. The van der Waals surface area contributed by atoms with Crippen molar-refractivity contribution in [3.8, 4) is 0 Å². The zero-order valence-electron chi connectivity index (χ0n) is 54.4. The van der Waals surface area contributed by atoms with Gasteiger partial charge >= 0.3 is 106 Å². The lowest BCUT2D eigenvalue weighted by atomic mass is 9.94. The van der Waals surface area contributed by atoms with E-state index in [-0.39, 0.29) is 25.7 Å². The average molecular weight is 1750 g/mol. The molecule has 0 unspecified atom stereocenters. The van der Waals surface area contributed by atoms with Crippen LogP contribution in [0, 0.1) is 0 Å². The standard InChI is InChI=1S/C42H72O55S9/c1-7-9-11-78-24-26(89-40-32(94-103(62,63)64)22(75-4)19(74-3)16(84-40)13-80-98(47,48)49)30(37(45)46)90-39(31(24)79-12-10-8-2)86-21-18(15-82-100(53,54)55)85-41(35(97-106(71,72)73)28(21)93-102(59,60)61)88-25-23(76-5)33(95-104(65,66)67)42(91-29(25)36(43)44)87-20-17(14-81-99(50,51)52)83-38(77-6)34(96-105(68,69)70)27(20)92-101(56,57)58/h16-35,38-42H,7-15H2,1-6H3,(H,43,44)(H,45,46)(H,47,48,49)(H,50,51,52)(H,53,54,55)(H,56,57,58)(H,59,60,61)(H,62,63,64)(H,65,66,67)(H,68,69,70)(H,71,72,73)/t16-,17-,18-,19-,20-,21-,22+,23+,24+,25+,26+,27+,28+,29-,30+,31-,32-,33-,34-,35-,38+,39-,40+,41+,42-/m1/s1. The van der Waals surface area contributed by atoms with E-state index in [1.807, 2.05) is 0 Å². The van der Waals surface area contributed by atoms with E-state index in [0.717, 1.165) is 14.2 Å². The second-order valence-electron chi connectivity index (χ2n) is 21.8. The molecule has 0 aromatic carbocycles. The molecular weight excluding hydrogens is 1670 g/mol. The normalized spacial score (nSPS) is 35.0. The molecule has 106 heavy (non-hydrogen) atoms. The van der Waals surface area contributed by atoms with E-state index in [4.69, 9.17) is 83.6 Å². The first-order chi connectivity index (χ1) is 48.5. The lowest BCUT2D eigenvalue weighted by molar-refractivity contribution is -0.387. The molecule has 5 aliphatic rings. The van der Waals surface area contributed by atoms with Gasteiger partial charge in [-0.05, 0) is 12.8 Å². The van der Waals surface area contributed by atoms with Crippen LogP contribution in [-0.2, 0) is 212 Å². The Morgan fingerprint density at radius 3 is 0.849 bits per heavy atom. The van der Waals surface area contributed by atoms with Crippen LogP contribution in [-0.4, -0.2) is 354 Å². The number of unbranched alkanes of at least 4 members (excludes halogenated alkanes) is 2. The fraction of sp³-hybridized carbons (Fsp3) is 0.952. The lowest BCUT2D eigenvalue weighted by Crippen LogP contribution is -2.70. The minimum Gasteiger partial charge on any atom is -0.479 e. The lowest BCUT2D eigenvalue weighted by Gasteiger charge is -2.51. The van der Waals surface area contributed by atoms with Crippen molar-refractivity contribution < 1.29 is 245 Å². The Morgan fingerprint density at radius 1 is 0.292 bits per heavy atom. The summed E-state index contributed by atoms with van der Waals surface area (Å²) in [6, 6.07) is 0. The number of aliphatic carboxylic acids is 2. The highest BCUT2D eigenvalue weighted by Gasteiger charge is 2.63. The zero-order valence-corrected chi connectivity index (χ0v) is 61.7. The molecule has 11 N–H and O–H groups in total. The smallest absolute Gasteiger partial charge is 0.397 e. The topological polar surface area (TPSA) is 785 Å². The highest BCUT2D eigenvalue weighted by molar-refractivity contribution is 7.82. The van der Waals surface area contributed by atoms with Gasteiger partial charge in [-0.15, -0.1) is 0 Å². The van der Waals surface area contributed by atoms with Crippen LogP contribution in [0.4, 0.5) is 0 Å². The van der Waals surface area contributed by atoms with Gasteiger partial charge < -0.3 is 81.3 Å². The highest BCUT2D eigenvalue weighted by atomic mass is 32.3. The van der Waals surface area contributed by atoms with Crippen molar-refractivity contribution in [2.24, 2.45) is 0 Å². The summed E-state index contributed by atoms with van der Waals surface area (Å²) in [5.74, 6) is -4.72. The summed E-state index contributed by atoms with van der Waals surface area (Å²) < 4.78 is 438. The Hall–Kier alpha value is -2.83. The molecule has 64 heteroatoms. The van der Waals surface area contributed by atoms with Crippen molar-refractivity contribution in [3.63, 3.8) is 0 Å². The van der Waals surface area contributed by atoms with E-state index in [9.17, 15) is 137 Å². The molecule has 5 fully saturated rings. The van der Waals surface area contributed by atoms with Crippen LogP contribution < -0.4 is 0 Å². The van der Waals surface area contributed by atoms with Crippen molar-refractivity contribution >= 4 is 106 Å². The number of carboxylic acids is 2. The van der Waals surface area contributed by atoms with E-state index in [1.54, 1.807) is 13.8 Å². The van der Waals surface area contributed by atoms with Crippen molar-refractivity contribution in [2.45, 2.75) is 193 Å². The molecule has 25 atom stereocenters. The van der Waals surface area contributed by atoms with Gasteiger partial charge in [0.25, 0.3) is 0 Å². The van der Waals surface area contributed by atoms with Crippen molar-refractivity contribution in [1.29, 1.82) is 0 Å². The summed E-state index contributed by atoms with van der Waals surface area (Å²) >= 11 is 0. The summed E-state index contributed by atoms with van der Waals surface area (Å²) in [5, 5.41) is 21.8. The zero-order chi connectivity index (χ0) is 80.4. The average Bonchev–Trinajstić information content (AvgIpc) is 0.756. The third kappa shape index (κ3) is 29.0. The second kappa shape index (κ2) is 38.3. The quantitative estimate of drug-likeness (QED) is 0.0200. The largest absolute Gasteiger partial charge is 0.479 e. The number of carbonyl (C=O) groups is 2. The first-order valence-corrected chi connectivity index (χ1v) is 41.3. The minimum absolute atomic E-state index is 0.00294. The van der Waals surface area contributed by atoms with Gasteiger partial charge in [0.15, 0.2) is 68.1 Å². The van der Waals surface area contributed by atoms with E-state index >= 15 is 0 Å². The second-order valence-corrected chi connectivity index (χ2v) is 31.4. The van der Waals surface area contributed by atoms with E-state index in [2.05, 4.69) is 25.1 Å². The van der Waals surface area contributed by atoms with E-state index in [1.165, 1.54) is 0 Å². The Balaban J connectivity index is 1.76. The first-order valence-electron chi connectivity index (χ1n) is 29.0. The molecule has 0 spiro atoms. The van der Waals surface area contributed by atoms with Gasteiger partial charge in [0.2, 0.25) is 0 Å². The minimum atomic E-state index is -6.40. The molecule has 0 aromatic rings. The van der Waals surface area contributed by atoms with Gasteiger partial charge in [0, 0.05) is 41.7 Å². The number of methoxy groups -OCH3 is 4. The van der Waals surface area contributed by atoms with Gasteiger partial charge in [-0.25, -0.2) is 47.2 Å². The van der Waals surface area contributed by atoms with Crippen LogP contribution in [0.2, 0.25) is 0 Å². The molecule has 0 amide bonds. The highest BCUT2D eigenvalue weighted by Crippen LogP contribution is 2.42. The molecule has 624 valence electrons. The predicted octanol–water partition coefficient (Wildman–Crippen LogP) is -7.03. The van der Waals surface area contributed by atoms with Gasteiger partial charge in [-0.1, -0.05) is 26.7 Å². The third-order valence-electron chi connectivity index (χ3n) is 14.6. The van der Waals surface area contributed by atoms with Gasteiger partial charge in [0.1, 0.15) is 85.5 Å². The van der Waals surface area contributed by atoms with Crippen LogP contribution in [0.15, 0.2) is 0 Å². The Kier molecular flexibility index (Phi) is 33.9. The van der Waals surface area contributed by atoms with Crippen LogP contribution in [0.25, 0.3) is 0 Å². The molecule has 0 bridgehead atoms. The molecule has 5 saturated heterocycles. The number of rotatable bonds is 43. The molecular formula is C42H72O55S9. The monoisotopic (exact) mass is 1740 g/mol. The third-order valence-corrected chi connectivity index (χ3v) is 18.7. The van der Waals surface area contributed by atoms with Crippen LogP contribution in [0.1, 0.15) is 39.5 Å². The van der Waals surface area contributed by atoms with Crippen molar-refractivity contribution in [3.05, 3.63) is 0 Å². The fourth-order valence-electron chi connectivity index (χ4n) is 10.8. The molecule has 0 aromatic heterocycles. The van der Waals surface area contributed by atoms with Gasteiger partial charge in [-0.2, -0.15) is 75.8 Å². The maximum Gasteiger partial charge on any atom is 0.397 e. The number of carboxylic acid groups (broad SMARTS) is 2. The van der Waals surface area contributed by atoms with Crippen LogP contribution in [0.3, 0.4) is 0 Å². The summed E-state index contributed by atoms with van der Waals surface area (Å²) in [7, 11) is -51.1. The summed E-state index contributed by atoms with van der Waals surface area (Å²) in [4.78, 5) is 27.1. The first kappa shape index (κ1) is 93.8. The Morgan fingerprint density at radius 2 is 0.547 bits per heavy atom. The predicted molar refractivity (Wildman–Crippen MR) is 318 cm³/mol. The van der Waals surface area contributed by atoms with E-state index in [0.29, 0.717) is 14.2 Å². The van der Waals surface area contributed by atoms with E-state index < -0.39 is 292 Å². The fourth-order valence-corrected chi connectivity index (χ4v) is 14.6. The van der Waals surface area contributed by atoms with Crippen LogP contribution >= 0.6 is 0 Å². The Bertz CT molecular complexity index is 3980. The SMILES string of the molecule is CCCCO[C@@H]1[C@@H](OCCCC)[C@H](O[C@H]2[C@H](OS(=O)(=O)O)[C@@H](OS(=O)(=O)O)[C@H](O[C@H]3[C@H](OC)[C@@H](OS(=O)(=O)O)[C@H](O[C@H]4[C@H](OS(=O)(=O)O)[C@@H](OS(=O)(=O)O)[C@@H](OC)O[C@@H]4COS(=O)(=O)O)O[C@H]3C(=O)O)O[C@@H]2COS(=O)(=O)O)O[C@H](C(=O)O)[C@H]1O[C@@H]1O[C@H](COS(=O)(=O)O)[C@@H](OC)[C@H](OC)[C@H]1OS(=O)(=O)O. The molecule has 5 heterocycles. The van der Waals surface area contributed by atoms with Crippen LogP contribution in [0.5, 0.6) is 0 Å². The molecule has 0 aliphatic carbocycles. The van der Waals surface area contributed by atoms with Gasteiger partial charge in [-0.3, -0.25) is 41.0 Å². The Labute approximate surface area is 602 Å². The molecule has 0 radical (unpaired) electrons. The maximum absolute atomic E-state index is 13.7.